The van der Waals surface area contributed by atoms with Crippen LogP contribution in [-0.4, -0.2) is 22.2 Å². The average molecular weight is 310 g/mol. The minimum absolute atomic E-state index is 0.0990. The third kappa shape index (κ3) is 2.65. The van der Waals surface area contributed by atoms with Crippen LogP contribution in [0.4, 0.5) is 0 Å². The number of hydrogen-bond donors (Lipinski definition) is 2. The Labute approximate surface area is 133 Å². The summed E-state index contributed by atoms with van der Waals surface area (Å²) in [6.45, 7) is 0.712. The maximum atomic E-state index is 10.4. The Morgan fingerprint density at radius 2 is 1.77 bits per heavy atom. The molecule has 3 aromatic rings. The lowest BCUT2D eigenvalue weighted by atomic mass is 9.86. The molecule has 4 rings (SSSR count). The number of hydrogen-bond acceptors (Lipinski definition) is 4. The summed E-state index contributed by atoms with van der Waals surface area (Å²) in [5.41, 5.74) is 3.67. The van der Waals surface area contributed by atoms with Crippen molar-refractivity contribution < 1.29 is 5.11 Å². The van der Waals surface area contributed by atoms with Crippen LogP contribution in [0.15, 0.2) is 48.5 Å². The fourth-order valence-electron chi connectivity index (χ4n) is 3.12. The lowest BCUT2D eigenvalue weighted by Gasteiger charge is -2.30. The Morgan fingerprint density at radius 1 is 1.05 bits per heavy atom. The molecule has 0 spiro atoms. The summed E-state index contributed by atoms with van der Waals surface area (Å²) in [5, 5.41) is 14.9. The number of aliphatic hydroxyl groups excluding tert-OH is 1. The second-order valence-corrected chi connectivity index (χ2v) is 6.92. The fraction of sp³-hybridized carbons (Fsp3) is 0.278. The van der Waals surface area contributed by atoms with E-state index in [4.69, 9.17) is 0 Å². The van der Waals surface area contributed by atoms with E-state index in [1.54, 1.807) is 11.3 Å². The number of aromatic nitrogens is 1. The number of nitrogens with zero attached hydrogens (tertiary/aromatic N) is 1. The van der Waals surface area contributed by atoms with Crippen molar-refractivity contribution in [1.82, 2.24) is 10.3 Å². The van der Waals surface area contributed by atoms with Gasteiger partial charge in [-0.2, -0.15) is 0 Å². The number of aliphatic hydroxyl groups is 1. The minimum Gasteiger partial charge on any atom is -0.391 e. The summed E-state index contributed by atoms with van der Waals surface area (Å²) in [4.78, 5) is 4.64. The van der Waals surface area contributed by atoms with E-state index in [0.29, 0.717) is 6.54 Å². The van der Waals surface area contributed by atoms with Gasteiger partial charge in [0.25, 0.3) is 0 Å². The number of thiazole rings is 1. The van der Waals surface area contributed by atoms with Crippen molar-refractivity contribution in [3.63, 3.8) is 0 Å². The van der Waals surface area contributed by atoms with Gasteiger partial charge in [0.2, 0.25) is 0 Å². The molecule has 0 fully saturated rings. The van der Waals surface area contributed by atoms with Gasteiger partial charge in [-0.1, -0.05) is 36.4 Å². The molecule has 0 saturated carbocycles. The second kappa shape index (κ2) is 5.80. The van der Waals surface area contributed by atoms with Gasteiger partial charge < -0.3 is 10.4 Å². The zero-order valence-electron chi connectivity index (χ0n) is 12.2. The van der Waals surface area contributed by atoms with Gasteiger partial charge in [0.15, 0.2) is 0 Å². The highest BCUT2D eigenvalue weighted by Gasteiger charge is 2.26. The molecule has 0 bridgehead atoms. The zero-order valence-corrected chi connectivity index (χ0v) is 13.0. The van der Waals surface area contributed by atoms with Gasteiger partial charge in [-0.05, 0) is 29.7 Å². The van der Waals surface area contributed by atoms with Crippen molar-refractivity contribution in [1.29, 1.82) is 0 Å². The second-order valence-electron chi connectivity index (χ2n) is 5.81. The molecule has 112 valence electrons. The van der Waals surface area contributed by atoms with Crippen LogP contribution in [0.2, 0.25) is 0 Å². The van der Waals surface area contributed by atoms with Gasteiger partial charge in [0, 0.05) is 19.0 Å². The predicted molar refractivity (Wildman–Crippen MR) is 90.1 cm³/mol. The zero-order chi connectivity index (χ0) is 14.9. The van der Waals surface area contributed by atoms with Crippen LogP contribution >= 0.6 is 11.3 Å². The Morgan fingerprint density at radius 3 is 2.59 bits per heavy atom. The molecule has 0 amide bonds. The molecule has 2 aromatic carbocycles. The molecule has 0 saturated heterocycles. The number of rotatable bonds is 3. The summed E-state index contributed by atoms with van der Waals surface area (Å²) in [6.07, 6.45) is 1.28. The highest BCUT2D eigenvalue weighted by Crippen LogP contribution is 2.24. The molecule has 1 aliphatic rings. The Balaban J connectivity index is 1.47. The van der Waals surface area contributed by atoms with Crippen LogP contribution in [0.25, 0.3) is 10.2 Å². The molecule has 2 unspecified atom stereocenters. The van der Waals surface area contributed by atoms with Crippen molar-refractivity contribution in [2.75, 3.05) is 0 Å². The largest absolute Gasteiger partial charge is 0.391 e. The summed E-state index contributed by atoms with van der Waals surface area (Å²) in [6, 6.07) is 16.7. The summed E-state index contributed by atoms with van der Waals surface area (Å²) in [5.74, 6) is 0. The van der Waals surface area contributed by atoms with Crippen LogP contribution < -0.4 is 5.32 Å². The highest BCUT2D eigenvalue weighted by molar-refractivity contribution is 7.18. The third-order valence-corrected chi connectivity index (χ3v) is 5.34. The van der Waals surface area contributed by atoms with Crippen molar-refractivity contribution >= 4 is 21.6 Å². The molecule has 1 aliphatic carbocycles. The van der Waals surface area contributed by atoms with E-state index >= 15 is 0 Å². The fourth-order valence-corrected chi connectivity index (χ4v) is 4.04. The lowest BCUT2D eigenvalue weighted by Crippen LogP contribution is -2.45. The normalized spacial score (nSPS) is 21.0. The molecule has 1 aromatic heterocycles. The molecule has 1 heterocycles. The standard InChI is InChI=1S/C18H18N2OS/c21-16-10-13-6-2-1-5-12(13)9-15(16)19-11-18-20-14-7-3-4-8-17(14)22-18/h1-8,15-16,19,21H,9-11H2. The van der Waals surface area contributed by atoms with E-state index in [-0.39, 0.29) is 12.1 Å². The first kappa shape index (κ1) is 13.9. The molecular formula is C18H18N2OS. The molecule has 22 heavy (non-hydrogen) atoms. The van der Waals surface area contributed by atoms with Gasteiger partial charge in [-0.3, -0.25) is 0 Å². The van der Waals surface area contributed by atoms with E-state index in [1.165, 1.54) is 15.8 Å². The van der Waals surface area contributed by atoms with Gasteiger partial charge in [-0.25, -0.2) is 4.98 Å². The van der Waals surface area contributed by atoms with Crippen LogP contribution in [0, 0.1) is 0 Å². The quantitative estimate of drug-likeness (QED) is 0.782. The third-order valence-electron chi connectivity index (χ3n) is 4.31. The summed E-state index contributed by atoms with van der Waals surface area (Å²) < 4.78 is 1.22. The minimum atomic E-state index is -0.329. The van der Waals surface area contributed by atoms with Crippen LogP contribution in [0.3, 0.4) is 0 Å². The SMILES string of the molecule is OC1Cc2ccccc2CC1NCc1nc2ccccc2s1. The van der Waals surface area contributed by atoms with Crippen molar-refractivity contribution in [2.24, 2.45) is 0 Å². The maximum Gasteiger partial charge on any atom is 0.108 e. The topological polar surface area (TPSA) is 45.1 Å². The van der Waals surface area contributed by atoms with E-state index in [2.05, 4.69) is 34.6 Å². The Bertz CT molecular complexity index is 765. The van der Waals surface area contributed by atoms with E-state index in [1.807, 2.05) is 24.3 Å². The van der Waals surface area contributed by atoms with E-state index in [9.17, 15) is 5.11 Å². The first-order valence-electron chi connectivity index (χ1n) is 7.62. The van der Waals surface area contributed by atoms with Gasteiger partial charge in [-0.15, -0.1) is 11.3 Å². The van der Waals surface area contributed by atoms with Gasteiger partial charge >= 0.3 is 0 Å². The molecular weight excluding hydrogens is 292 g/mol. The Hall–Kier alpha value is -1.75. The first-order valence-corrected chi connectivity index (χ1v) is 8.44. The monoisotopic (exact) mass is 310 g/mol. The highest BCUT2D eigenvalue weighted by atomic mass is 32.1. The van der Waals surface area contributed by atoms with Crippen molar-refractivity contribution in [2.45, 2.75) is 31.5 Å². The molecule has 0 aliphatic heterocycles. The molecule has 4 heteroatoms. The molecule has 0 radical (unpaired) electrons. The average Bonchev–Trinajstić information content (AvgIpc) is 2.95. The molecule has 3 nitrogen and oxygen atoms in total. The maximum absolute atomic E-state index is 10.4. The first-order chi connectivity index (χ1) is 10.8. The van der Waals surface area contributed by atoms with Crippen molar-refractivity contribution in [3.05, 3.63) is 64.7 Å². The number of nitrogens with one attached hydrogen (secondary N) is 1. The summed E-state index contributed by atoms with van der Waals surface area (Å²) >= 11 is 1.72. The van der Waals surface area contributed by atoms with Crippen LogP contribution in [0.5, 0.6) is 0 Å². The smallest absolute Gasteiger partial charge is 0.108 e. The number of benzene rings is 2. The lowest BCUT2D eigenvalue weighted by molar-refractivity contribution is 0.118. The van der Waals surface area contributed by atoms with Crippen LogP contribution in [0.1, 0.15) is 16.1 Å². The molecule has 2 N–H and O–H groups in total. The van der Waals surface area contributed by atoms with E-state index in [0.717, 1.165) is 23.4 Å². The Kier molecular flexibility index (Phi) is 3.66. The summed E-state index contributed by atoms with van der Waals surface area (Å²) in [7, 11) is 0. The van der Waals surface area contributed by atoms with Gasteiger partial charge in [0.1, 0.15) is 5.01 Å². The number of para-hydroxylation sites is 1. The van der Waals surface area contributed by atoms with Crippen molar-refractivity contribution in [3.8, 4) is 0 Å². The van der Waals surface area contributed by atoms with Crippen LogP contribution in [-0.2, 0) is 19.4 Å². The number of fused-ring (bicyclic) bond motifs is 2. The predicted octanol–water partition coefficient (Wildman–Crippen LogP) is 2.91. The van der Waals surface area contributed by atoms with Gasteiger partial charge in [0.05, 0.1) is 16.3 Å². The van der Waals surface area contributed by atoms with E-state index < -0.39 is 0 Å². The molecule has 2 atom stereocenters.